The van der Waals surface area contributed by atoms with Crippen molar-refractivity contribution in [3.63, 3.8) is 0 Å². The molecule has 0 spiro atoms. The molecule has 0 bridgehead atoms. The van der Waals surface area contributed by atoms with E-state index < -0.39 is 0 Å². The van der Waals surface area contributed by atoms with Gasteiger partial charge in [0.15, 0.2) is 5.11 Å². The van der Waals surface area contributed by atoms with Crippen molar-refractivity contribution in [3.8, 4) is 0 Å². The Kier molecular flexibility index (Phi) is 4.19. The van der Waals surface area contributed by atoms with E-state index in [9.17, 15) is 0 Å². The average Bonchev–Trinajstić information content (AvgIpc) is 3.20. The summed E-state index contributed by atoms with van der Waals surface area (Å²) in [4.78, 5) is 10.9. The van der Waals surface area contributed by atoms with Crippen LogP contribution in [0, 0.1) is 6.92 Å². The summed E-state index contributed by atoms with van der Waals surface area (Å²) in [6, 6.07) is 13.8. The van der Waals surface area contributed by atoms with Crippen molar-refractivity contribution in [1.29, 1.82) is 0 Å². The molecule has 3 aromatic rings. The normalized spacial score (nSPS) is 19.9. The molecule has 5 nitrogen and oxygen atoms in total. The summed E-state index contributed by atoms with van der Waals surface area (Å²) < 4.78 is 5.95. The Morgan fingerprint density at radius 1 is 1.16 bits per heavy atom. The fourth-order valence-corrected chi connectivity index (χ4v) is 3.49. The summed E-state index contributed by atoms with van der Waals surface area (Å²) in [5, 5.41) is 4.11. The van der Waals surface area contributed by atoms with Gasteiger partial charge in [-0.3, -0.25) is 9.97 Å². The van der Waals surface area contributed by atoms with E-state index in [2.05, 4.69) is 20.2 Å². The predicted molar refractivity (Wildman–Crippen MR) is 98.7 cm³/mol. The van der Waals surface area contributed by atoms with Crippen molar-refractivity contribution in [3.05, 3.63) is 83.8 Å². The highest BCUT2D eigenvalue weighted by molar-refractivity contribution is 7.80. The van der Waals surface area contributed by atoms with Crippen LogP contribution in [0.15, 0.2) is 65.5 Å². The van der Waals surface area contributed by atoms with Crippen LogP contribution in [0.2, 0.25) is 0 Å². The van der Waals surface area contributed by atoms with Gasteiger partial charge in [-0.15, -0.1) is 0 Å². The van der Waals surface area contributed by atoms with Crippen molar-refractivity contribution in [2.24, 2.45) is 0 Å². The SMILES string of the molecule is Cc1ccc([C@H]2[C@H](c3ccccn3)NC(=S)N2Cc2cccnc2)o1. The molecule has 1 aliphatic heterocycles. The highest BCUT2D eigenvalue weighted by Crippen LogP contribution is 2.39. The van der Waals surface area contributed by atoms with E-state index in [0.717, 1.165) is 22.8 Å². The molecule has 0 saturated carbocycles. The van der Waals surface area contributed by atoms with Crippen LogP contribution in [-0.2, 0) is 6.54 Å². The third kappa shape index (κ3) is 3.13. The molecule has 0 radical (unpaired) electrons. The Labute approximate surface area is 151 Å². The topological polar surface area (TPSA) is 54.2 Å². The first-order chi connectivity index (χ1) is 12.2. The molecule has 126 valence electrons. The zero-order chi connectivity index (χ0) is 17.2. The van der Waals surface area contributed by atoms with Gasteiger partial charge in [0.25, 0.3) is 0 Å². The maximum absolute atomic E-state index is 5.95. The second-order valence-electron chi connectivity index (χ2n) is 6.06. The number of aromatic nitrogens is 2. The minimum Gasteiger partial charge on any atom is -0.464 e. The Morgan fingerprint density at radius 3 is 2.76 bits per heavy atom. The highest BCUT2D eigenvalue weighted by Gasteiger charge is 2.41. The van der Waals surface area contributed by atoms with Crippen LogP contribution in [-0.4, -0.2) is 20.0 Å². The van der Waals surface area contributed by atoms with Gasteiger partial charge in [-0.2, -0.15) is 0 Å². The molecule has 0 aromatic carbocycles. The van der Waals surface area contributed by atoms with Crippen LogP contribution in [0.4, 0.5) is 0 Å². The molecule has 1 aliphatic rings. The third-order valence-electron chi connectivity index (χ3n) is 4.33. The highest BCUT2D eigenvalue weighted by atomic mass is 32.1. The number of thiocarbonyl (C=S) groups is 1. The van der Waals surface area contributed by atoms with Gasteiger partial charge >= 0.3 is 0 Å². The van der Waals surface area contributed by atoms with Crippen LogP contribution < -0.4 is 5.32 Å². The monoisotopic (exact) mass is 350 g/mol. The minimum atomic E-state index is -0.0593. The molecule has 4 rings (SSSR count). The van der Waals surface area contributed by atoms with Crippen LogP contribution in [0.5, 0.6) is 0 Å². The average molecular weight is 350 g/mol. The third-order valence-corrected chi connectivity index (χ3v) is 4.68. The minimum absolute atomic E-state index is 0.0590. The second-order valence-corrected chi connectivity index (χ2v) is 6.45. The molecule has 1 N–H and O–H groups in total. The lowest BCUT2D eigenvalue weighted by molar-refractivity contribution is 0.264. The maximum Gasteiger partial charge on any atom is 0.170 e. The molecule has 4 heterocycles. The van der Waals surface area contributed by atoms with E-state index in [4.69, 9.17) is 16.6 Å². The molecule has 6 heteroatoms. The quantitative estimate of drug-likeness (QED) is 0.726. The molecule has 2 atom stereocenters. The van der Waals surface area contributed by atoms with Crippen molar-refractivity contribution < 1.29 is 4.42 Å². The van der Waals surface area contributed by atoms with E-state index in [1.807, 2.05) is 55.6 Å². The predicted octanol–water partition coefficient (Wildman–Crippen LogP) is 3.55. The van der Waals surface area contributed by atoms with Crippen LogP contribution in [0.25, 0.3) is 0 Å². The summed E-state index contributed by atoms with van der Waals surface area (Å²) in [5.41, 5.74) is 2.04. The van der Waals surface area contributed by atoms with Gasteiger partial charge in [0.2, 0.25) is 0 Å². The van der Waals surface area contributed by atoms with Crippen molar-refractivity contribution >= 4 is 17.3 Å². The smallest absolute Gasteiger partial charge is 0.170 e. The molecule has 0 amide bonds. The summed E-state index contributed by atoms with van der Waals surface area (Å²) >= 11 is 5.63. The Morgan fingerprint density at radius 2 is 2.08 bits per heavy atom. The largest absolute Gasteiger partial charge is 0.464 e. The fourth-order valence-electron chi connectivity index (χ4n) is 3.19. The zero-order valence-corrected chi connectivity index (χ0v) is 14.6. The number of pyridine rings is 2. The summed E-state index contributed by atoms with van der Waals surface area (Å²) in [6.07, 6.45) is 5.43. The molecule has 1 fully saturated rings. The molecule has 3 aromatic heterocycles. The first kappa shape index (κ1) is 15.8. The van der Waals surface area contributed by atoms with Gasteiger partial charge in [-0.1, -0.05) is 12.1 Å². The number of furan rings is 1. The standard InChI is InChI=1S/C19H18N4OS/c1-13-7-8-16(24-13)18-17(15-6-2-3-10-21-15)22-19(25)23(18)12-14-5-4-9-20-11-14/h2-11,17-18H,12H2,1H3,(H,22,25)/t17-,18-/m0/s1. The lowest BCUT2D eigenvalue weighted by Gasteiger charge is -2.26. The van der Waals surface area contributed by atoms with Gasteiger partial charge in [0.05, 0.1) is 11.7 Å². The first-order valence-electron chi connectivity index (χ1n) is 8.15. The Bertz CT molecular complexity index is 865. The van der Waals surface area contributed by atoms with Gasteiger partial charge in [0, 0.05) is 25.1 Å². The zero-order valence-electron chi connectivity index (χ0n) is 13.8. The van der Waals surface area contributed by atoms with E-state index in [-0.39, 0.29) is 12.1 Å². The van der Waals surface area contributed by atoms with Gasteiger partial charge in [0.1, 0.15) is 17.6 Å². The van der Waals surface area contributed by atoms with E-state index in [1.165, 1.54) is 0 Å². The molecule has 1 saturated heterocycles. The first-order valence-corrected chi connectivity index (χ1v) is 8.56. The van der Waals surface area contributed by atoms with Gasteiger partial charge in [-0.05, 0) is 55.0 Å². The Hall–Kier alpha value is -2.73. The lowest BCUT2D eigenvalue weighted by atomic mass is 10.0. The van der Waals surface area contributed by atoms with Crippen molar-refractivity contribution in [1.82, 2.24) is 20.2 Å². The van der Waals surface area contributed by atoms with Crippen molar-refractivity contribution in [2.45, 2.75) is 25.6 Å². The number of aryl methyl sites for hydroxylation is 1. The summed E-state index contributed by atoms with van der Waals surface area (Å²) in [7, 11) is 0. The number of hydrogen-bond donors (Lipinski definition) is 1. The molecule has 25 heavy (non-hydrogen) atoms. The molecule has 0 aliphatic carbocycles. The van der Waals surface area contributed by atoms with Crippen LogP contribution in [0.1, 0.15) is 34.9 Å². The van der Waals surface area contributed by atoms with Gasteiger partial charge in [-0.25, -0.2) is 0 Å². The van der Waals surface area contributed by atoms with E-state index in [0.29, 0.717) is 11.7 Å². The molecular weight excluding hydrogens is 332 g/mol. The number of hydrogen-bond acceptors (Lipinski definition) is 4. The number of nitrogens with one attached hydrogen (secondary N) is 1. The number of rotatable bonds is 4. The molecule has 0 unspecified atom stereocenters. The fraction of sp³-hybridized carbons (Fsp3) is 0.211. The summed E-state index contributed by atoms with van der Waals surface area (Å²) in [6.45, 7) is 2.61. The summed E-state index contributed by atoms with van der Waals surface area (Å²) in [5.74, 6) is 1.76. The lowest BCUT2D eigenvalue weighted by Crippen LogP contribution is -2.29. The maximum atomic E-state index is 5.95. The number of nitrogens with zero attached hydrogens (tertiary/aromatic N) is 3. The van der Waals surface area contributed by atoms with E-state index >= 15 is 0 Å². The van der Waals surface area contributed by atoms with Gasteiger partial charge < -0.3 is 14.6 Å². The van der Waals surface area contributed by atoms with Crippen LogP contribution in [0.3, 0.4) is 0 Å². The van der Waals surface area contributed by atoms with E-state index in [1.54, 1.807) is 12.4 Å². The van der Waals surface area contributed by atoms with Crippen molar-refractivity contribution in [2.75, 3.05) is 0 Å². The Balaban J connectivity index is 1.72. The molecular formula is C19H18N4OS. The van der Waals surface area contributed by atoms with Crippen LogP contribution >= 0.6 is 12.2 Å². The second kappa shape index (κ2) is 6.64.